The number of pyridine rings is 1. The van der Waals surface area contributed by atoms with Gasteiger partial charge in [-0.15, -0.1) is 0 Å². The second-order valence-electron chi connectivity index (χ2n) is 6.00. The molecule has 1 aliphatic rings. The van der Waals surface area contributed by atoms with Crippen LogP contribution in [0.1, 0.15) is 29.5 Å². The Morgan fingerprint density at radius 2 is 1.52 bits per heavy atom. The standard InChI is InChI=1S/C18H23N3/c1-21(14-17-8-10-19-11-9-17)13-16-4-2-15(3-5-16)12-20-18-6-7-18/h2-5,8-11,18,20H,6-7,12-14H2,1H3. The number of aromatic nitrogens is 1. The van der Waals surface area contributed by atoms with Gasteiger partial charge < -0.3 is 5.32 Å². The molecular formula is C18H23N3. The average molecular weight is 281 g/mol. The van der Waals surface area contributed by atoms with Gasteiger partial charge in [0.25, 0.3) is 0 Å². The molecule has 0 radical (unpaired) electrons. The van der Waals surface area contributed by atoms with Crippen molar-refractivity contribution in [1.82, 2.24) is 15.2 Å². The highest BCUT2D eigenvalue weighted by Crippen LogP contribution is 2.19. The minimum atomic E-state index is 0.774. The van der Waals surface area contributed by atoms with Crippen LogP contribution in [-0.2, 0) is 19.6 Å². The lowest BCUT2D eigenvalue weighted by Gasteiger charge is -2.17. The molecule has 110 valence electrons. The van der Waals surface area contributed by atoms with E-state index >= 15 is 0 Å². The van der Waals surface area contributed by atoms with E-state index in [4.69, 9.17) is 0 Å². The first kappa shape index (κ1) is 14.2. The van der Waals surface area contributed by atoms with E-state index in [1.807, 2.05) is 12.4 Å². The molecule has 1 saturated carbocycles. The van der Waals surface area contributed by atoms with Gasteiger partial charge in [-0.25, -0.2) is 0 Å². The monoisotopic (exact) mass is 281 g/mol. The van der Waals surface area contributed by atoms with E-state index in [0.717, 1.165) is 25.7 Å². The molecule has 1 aromatic heterocycles. The minimum absolute atomic E-state index is 0.774. The lowest BCUT2D eigenvalue weighted by Crippen LogP contribution is -2.17. The summed E-state index contributed by atoms with van der Waals surface area (Å²) in [7, 11) is 2.16. The van der Waals surface area contributed by atoms with E-state index in [-0.39, 0.29) is 0 Å². The van der Waals surface area contributed by atoms with Crippen molar-refractivity contribution in [1.29, 1.82) is 0 Å². The Hall–Kier alpha value is -1.71. The van der Waals surface area contributed by atoms with Crippen LogP contribution in [-0.4, -0.2) is 23.0 Å². The van der Waals surface area contributed by atoms with Crippen molar-refractivity contribution in [2.75, 3.05) is 7.05 Å². The van der Waals surface area contributed by atoms with Crippen molar-refractivity contribution < 1.29 is 0 Å². The zero-order valence-corrected chi connectivity index (χ0v) is 12.6. The molecular weight excluding hydrogens is 258 g/mol. The van der Waals surface area contributed by atoms with E-state index < -0.39 is 0 Å². The molecule has 0 spiro atoms. The first-order valence-corrected chi connectivity index (χ1v) is 7.68. The van der Waals surface area contributed by atoms with Gasteiger partial charge in [0.15, 0.2) is 0 Å². The van der Waals surface area contributed by atoms with Crippen LogP contribution in [0.2, 0.25) is 0 Å². The molecule has 3 nitrogen and oxygen atoms in total. The van der Waals surface area contributed by atoms with Crippen LogP contribution in [0.5, 0.6) is 0 Å². The molecule has 0 saturated heterocycles. The quantitative estimate of drug-likeness (QED) is 0.845. The smallest absolute Gasteiger partial charge is 0.0271 e. The number of hydrogen-bond donors (Lipinski definition) is 1. The van der Waals surface area contributed by atoms with Crippen LogP contribution in [0.15, 0.2) is 48.8 Å². The second-order valence-corrected chi connectivity index (χ2v) is 6.00. The molecule has 0 unspecified atom stereocenters. The Morgan fingerprint density at radius 1 is 0.952 bits per heavy atom. The fourth-order valence-corrected chi connectivity index (χ4v) is 2.48. The lowest BCUT2D eigenvalue weighted by atomic mass is 10.1. The third kappa shape index (κ3) is 4.66. The van der Waals surface area contributed by atoms with Gasteiger partial charge in [0.1, 0.15) is 0 Å². The molecule has 3 rings (SSSR count). The Bertz CT molecular complexity index is 546. The molecule has 21 heavy (non-hydrogen) atoms. The summed E-state index contributed by atoms with van der Waals surface area (Å²) in [6, 6.07) is 13.9. The van der Waals surface area contributed by atoms with Crippen LogP contribution in [0.3, 0.4) is 0 Å². The maximum atomic E-state index is 4.06. The Morgan fingerprint density at radius 3 is 2.14 bits per heavy atom. The molecule has 2 aromatic rings. The van der Waals surface area contributed by atoms with Crippen LogP contribution < -0.4 is 5.32 Å². The summed E-state index contributed by atoms with van der Waals surface area (Å²) >= 11 is 0. The van der Waals surface area contributed by atoms with Gasteiger partial charge in [-0.1, -0.05) is 24.3 Å². The van der Waals surface area contributed by atoms with Crippen LogP contribution in [0.25, 0.3) is 0 Å². The summed E-state index contributed by atoms with van der Waals surface area (Å²) < 4.78 is 0. The molecule has 1 N–H and O–H groups in total. The fraction of sp³-hybridized carbons (Fsp3) is 0.389. The molecule has 1 aliphatic carbocycles. The number of benzene rings is 1. The summed E-state index contributed by atoms with van der Waals surface area (Å²) in [4.78, 5) is 6.38. The van der Waals surface area contributed by atoms with Crippen molar-refractivity contribution in [3.05, 3.63) is 65.5 Å². The Kier molecular flexibility index (Phi) is 4.63. The molecule has 1 heterocycles. The fourth-order valence-electron chi connectivity index (χ4n) is 2.48. The molecule has 0 aliphatic heterocycles. The molecule has 0 amide bonds. The van der Waals surface area contributed by atoms with Gasteiger partial charge in [-0.2, -0.15) is 0 Å². The number of rotatable bonds is 7. The van der Waals surface area contributed by atoms with E-state index in [1.165, 1.54) is 29.5 Å². The predicted octanol–water partition coefficient (Wildman–Crippen LogP) is 2.97. The number of nitrogens with zero attached hydrogens (tertiary/aromatic N) is 2. The zero-order valence-electron chi connectivity index (χ0n) is 12.6. The average Bonchev–Trinajstić information content (AvgIpc) is 3.32. The van der Waals surface area contributed by atoms with E-state index in [2.05, 4.69) is 58.6 Å². The summed E-state index contributed by atoms with van der Waals surface area (Å²) in [6.45, 7) is 2.92. The number of hydrogen-bond acceptors (Lipinski definition) is 3. The third-order valence-corrected chi connectivity index (χ3v) is 3.85. The number of nitrogens with one attached hydrogen (secondary N) is 1. The van der Waals surface area contributed by atoms with Crippen LogP contribution >= 0.6 is 0 Å². The first-order chi connectivity index (χ1) is 10.3. The summed E-state index contributed by atoms with van der Waals surface area (Å²) in [6.07, 6.45) is 6.39. The molecule has 1 aromatic carbocycles. The largest absolute Gasteiger partial charge is 0.310 e. The van der Waals surface area contributed by atoms with Crippen LogP contribution in [0, 0.1) is 0 Å². The maximum Gasteiger partial charge on any atom is 0.0271 e. The Balaban J connectivity index is 1.49. The SMILES string of the molecule is CN(Cc1ccncc1)Cc1ccc(CNC2CC2)cc1. The van der Waals surface area contributed by atoms with E-state index in [9.17, 15) is 0 Å². The second kappa shape index (κ2) is 6.83. The van der Waals surface area contributed by atoms with Gasteiger partial charge >= 0.3 is 0 Å². The van der Waals surface area contributed by atoms with Gasteiger partial charge in [-0.05, 0) is 48.7 Å². The van der Waals surface area contributed by atoms with Gasteiger partial charge in [-0.3, -0.25) is 9.88 Å². The Labute approximate surface area is 127 Å². The van der Waals surface area contributed by atoms with Crippen molar-refractivity contribution in [3.63, 3.8) is 0 Å². The molecule has 0 atom stereocenters. The highest BCUT2D eigenvalue weighted by atomic mass is 15.1. The first-order valence-electron chi connectivity index (χ1n) is 7.68. The molecule has 1 fully saturated rings. The van der Waals surface area contributed by atoms with Gasteiger partial charge in [0.05, 0.1) is 0 Å². The zero-order chi connectivity index (χ0) is 14.5. The van der Waals surface area contributed by atoms with Gasteiger partial charge in [0.2, 0.25) is 0 Å². The van der Waals surface area contributed by atoms with E-state index in [0.29, 0.717) is 0 Å². The summed E-state index contributed by atoms with van der Waals surface area (Å²) in [5.74, 6) is 0. The topological polar surface area (TPSA) is 28.2 Å². The van der Waals surface area contributed by atoms with Crippen molar-refractivity contribution in [2.45, 2.75) is 38.5 Å². The van der Waals surface area contributed by atoms with Crippen molar-refractivity contribution in [2.24, 2.45) is 0 Å². The normalized spacial score (nSPS) is 14.6. The lowest BCUT2D eigenvalue weighted by molar-refractivity contribution is 0.319. The highest BCUT2D eigenvalue weighted by molar-refractivity contribution is 5.22. The summed E-state index contributed by atoms with van der Waals surface area (Å²) in [5, 5.41) is 3.55. The molecule has 0 bridgehead atoms. The molecule has 3 heteroatoms. The van der Waals surface area contributed by atoms with Crippen LogP contribution in [0.4, 0.5) is 0 Å². The van der Waals surface area contributed by atoms with Crippen molar-refractivity contribution >= 4 is 0 Å². The highest BCUT2D eigenvalue weighted by Gasteiger charge is 2.19. The minimum Gasteiger partial charge on any atom is -0.310 e. The van der Waals surface area contributed by atoms with Crippen molar-refractivity contribution in [3.8, 4) is 0 Å². The van der Waals surface area contributed by atoms with E-state index in [1.54, 1.807) is 0 Å². The predicted molar refractivity (Wildman–Crippen MR) is 85.7 cm³/mol. The van der Waals surface area contributed by atoms with Gasteiger partial charge in [0, 0.05) is 38.1 Å². The third-order valence-electron chi connectivity index (χ3n) is 3.85. The maximum absolute atomic E-state index is 4.06. The summed E-state index contributed by atoms with van der Waals surface area (Å²) in [5.41, 5.74) is 4.04.